The molecule has 1 amide bonds. The molecule has 0 unspecified atom stereocenters. The molecule has 0 bridgehead atoms. The molecule has 124 valence electrons. The van der Waals surface area contributed by atoms with Gasteiger partial charge in [-0.25, -0.2) is 0 Å². The molecule has 0 spiro atoms. The van der Waals surface area contributed by atoms with E-state index in [-0.39, 0.29) is 5.91 Å². The van der Waals surface area contributed by atoms with E-state index in [2.05, 4.69) is 16.2 Å². The van der Waals surface area contributed by atoms with Gasteiger partial charge in [0.05, 0.1) is 25.4 Å². The number of amides is 1. The Bertz CT molecular complexity index is 990. The van der Waals surface area contributed by atoms with Gasteiger partial charge in [-0.15, -0.1) is 6.42 Å². The molecule has 1 heterocycles. The van der Waals surface area contributed by atoms with Crippen LogP contribution in [0.1, 0.15) is 15.9 Å². The van der Waals surface area contributed by atoms with Crippen molar-refractivity contribution < 1.29 is 14.3 Å². The van der Waals surface area contributed by atoms with Crippen molar-refractivity contribution in [1.29, 1.82) is 0 Å². The average molecular weight is 332 g/mol. The van der Waals surface area contributed by atoms with E-state index in [0.717, 1.165) is 5.39 Å². The summed E-state index contributed by atoms with van der Waals surface area (Å²) in [7, 11) is 3.12. The van der Waals surface area contributed by atoms with Gasteiger partial charge in [0.1, 0.15) is 0 Å². The number of ether oxygens (including phenoxy) is 2. The summed E-state index contributed by atoms with van der Waals surface area (Å²) >= 11 is 0. The molecule has 0 aliphatic carbocycles. The average Bonchev–Trinajstić information content (AvgIpc) is 2.67. The molecule has 0 fully saturated rings. The number of carbonyl (C=O) groups excluding carboxylic acids is 1. The minimum atomic E-state index is -0.251. The van der Waals surface area contributed by atoms with E-state index >= 15 is 0 Å². The number of benzene rings is 2. The molecule has 0 radical (unpaired) electrons. The third-order valence-electron chi connectivity index (χ3n) is 3.79. The molecule has 25 heavy (non-hydrogen) atoms. The summed E-state index contributed by atoms with van der Waals surface area (Å²) in [5.74, 6) is 3.41. The van der Waals surface area contributed by atoms with Crippen LogP contribution in [0.15, 0.2) is 48.7 Å². The molecule has 5 heteroatoms. The van der Waals surface area contributed by atoms with Gasteiger partial charge in [0, 0.05) is 28.8 Å². The van der Waals surface area contributed by atoms with Crippen LogP contribution in [-0.2, 0) is 0 Å². The van der Waals surface area contributed by atoms with Crippen molar-refractivity contribution in [3.63, 3.8) is 0 Å². The van der Waals surface area contributed by atoms with Crippen LogP contribution in [0.4, 0.5) is 5.69 Å². The Morgan fingerprint density at radius 1 is 1.12 bits per heavy atom. The van der Waals surface area contributed by atoms with E-state index in [0.29, 0.717) is 33.8 Å². The third-order valence-corrected chi connectivity index (χ3v) is 3.79. The summed E-state index contributed by atoms with van der Waals surface area (Å²) in [5.41, 5.74) is 2.45. The maximum atomic E-state index is 12.5. The number of methoxy groups -OCH3 is 2. The van der Waals surface area contributed by atoms with Gasteiger partial charge in [0.15, 0.2) is 11.5 Å². The van der Waals surface area contributed by atoms with E-state index < -0.39 is 0 Å². The van der Waals surface area contributed by atoms with Crippen molar-refractivity contribution >= 4 is 22.5 Å². The van der Waals surface area contributed by atoms with Crippen LogP contribution >= 0.6 is 0 Å². The molecule has 0 aliphatic heterocycles. The molecule has 3 rings (SSSR count). The normalized spacial score (nSPS) is 10.1. The van der Waals surface area contributed by atoms with Crippen LogP contribution in [0.2, 0.25) is 0 Å². The molecule has 5 nitrogen and oxygen atoms in total. The van der Waals surface area contributed by atoms with Crippen molar-refractivity contribution in [2.24, 2.45) is 0 Å². The lowest BCUT2D eigenvalue weighted by atomic mass is 10.1. The molecular weight excluding hydrogens is 316 g/mol. The summed E-state index contributed by atoms with van der Waals surface area (Å²) in [6.45, 7) is 0. The van der Waals surface area contributed by atoms with Crippen molar-refractivity contribution in [2.75, 3.05) is 19.5 Å². The lowest BCUT2D eigenvalue weighted by Crippen LogP contribution is -2.12. The standard InChI is InChI=1S/C20H16N2O3/c1-4-13-6-5-7-14(10-13)20(23)22-16-8-9-21-17-12-19(25-3)18(24-2)11-15(16)17/h1,5-12H,2-3H3,(H,21,22,23). The van der Waals surface area contributed by atoms with Gasteiger partial charge in [0.25, 0.3) is 5.91 Å². The maximum absolute atomic E-state index is 12.5. The lowest BCUT2D eigenvalue weighted by Gasteiger charge is -2.12. The predicted molar refractivity (Wildman–Crippen MR) is 97.2 cm³/mol. The first-order valence-electron chi connectivity index (χ1n) is 7.55. The minimum absolute atomic E-state index is 0.251. The maximum Gasteiger partial charge on any atom is 0.255 e. The Morgan fingerprint density at radius 3 is 2.60 bits per heavy atom. The quantitative estimate of drug-likeness (QED) is 0.743. The topological polar surface area (TPSA) is 60.5 Å². The number of fused-ring (bicyclic) bond motifs is 1. The zero-order chi connectivity index (χ0) is 17.8. The first kappa shape index (κ1) is 16.3. The van der Waals surface area contributed by atoms with Crippen molar-refractivity contribution in [3.8, 4) is 23.8 Å². The van der Waals surface area contributed by atoms with Gasteiger partial charge >= 0.3 is 0 Å². The fourth-order valence-electron chi connectivity index (χ4n) is 2.53. The molecule has 1 N–H and O–H groups in total. The van der Waals surface area contributed by atoms with Crippen LogP contribution in [0.25, 0.3) is 10.9 Å². The number of terminal acetylenes is 1. The third kappa shape index (κ3) is 3.24. The van der Waals surface area contributed by atoms with Gasteiger partial charge in [-0.2, -0.15) is 0 Å². The number of anilines is 1. The number of nitrogens with zero attached hydrogens (tertiary/aromatic N) is 1. The number of aromatic nitrogens is 1. The summed E-state index contributed by atoms with van der Waals surface area (Å²) in [6, 6.07) is 12.2. The second kappa shape index (κ2) is 6.93. The molecule has 3 aromatic rings. The smallest absolute Gasteiger partial charge is 0.255 e. The zero-order valence-electron chi connectivity index (χ0n) is 13.9. The fraction of sp³-hybridized carbons (Fsp3) is 0.100. The van der Waals surface area contributed by atoms with Gasteiger partial charge < -0.3 is 14.8 Å². The summed E-state index contributed by atoms with van der Waals surface area (Å²) < 4.78 is 10.6. The first-order valence-corrected chi connectivity index (χ1v) is 7.55. The number of pyridine rings is 1. The fourth-order valence-corrected chi connectivity index (χ4v) is 2.53. The molecule has 0 saturated heterocycles. The van der Waals surface area contributed by atoms with Crippen LogP contribution < -0.4 is 14.8 Å². The minimum Gasteiger partial charge on any atom is -0.493 e. The van der Waals surface area contributed by atoms with Gasteiger partial charge in [-0.05, 0) is 30.3 Å². The van der Waals surface area contributed by atoms with Crippen LogP contribution in [-0.4, -0.2) is 25.1 Å². The van der Waals surface area contributed by atoms with Crippen LogP contribution in [0.3, 0.4) is 0 Å². The number of nitrogens with one attached hydrogen (secondary N) is 1. The lowest BCUT2D eigenvalue weighted by molar-refractivity contribution is 0.102. The van der Waals surface area contributed by atoms with Crippen LogP contribution in [0, 0.1) is 12.3 Å². The first-order chi connectivity index (χ1) is 12.2. The Balaban J connectivity index is 2.01. The van der Waals surface area contributed by atoms with Crippen molar-refractivity contribution in [2.45, 2.75) is 0 Å². The SMILES string of the molecule is C#Cc1cccc(C(=O)Nc2ccnc3cc(OC)c(OC)cc23)c1. The molecular formula is C20H16N2O3. The zero-order valence-corrected chi connectivity index (χ0v) is 13.9. The Hall–Kier alpha value is -3.52. The second-order valence-corrected chi connectivity index (χ2v) is 5.26. The molecule has 1 aromatic heterocycles. The highest BCUT2D eigenvalue weighted by Crippen LogP contribution is 2.34. The highest BCUT2D eigenvalue weighted by Gasteiger charge is 2.12. The predicted octanol–water partition coefficient (Wildman–Crippen LogP) is 3.49. The molecule has 0 saturated carbocycles. The number of rotatable bonds is 4. The molecule has 2 aromatic carbocycles. The van der Waals surface area contributed by atoms with Gasteiger partial charge in [-0.3, -0.25) is 9.78 Å². The second-order valence-electron chi connectivity index (χ2n) is 5.26. The van der Waals surface area contributed by atoms with Crippen LogP contribution in [0.5, 0.6) is 11.5 Å². The van der Waals surface area contributed by atoms with Crippen molar-refractivity contribution in [1.82, 2.24) is 4.98 Å². The summed E-state index contributed by atoms with van der Waals surface area (Å²) in [5, 5.41) is 3.65. The number of hydrogen-bond acceptors (Lipinski definition) is 4. The number of hydrogen-bond donors (Lipinski definition) is 1. The highest BCUT2D eigenvalue weighted by atomic mass is 16.5. The molecule has 0 atom stereocenters. The van der Waals surface area contributed by atoms with Gasteiger partial charge in [0.2, 0.25) is 0 Å². The largest absolute Gasteiger partial charge is 0.493 e. The summed E-state index contributed by atoms with van der Waals surface area (Å²) in [6.07, 6.45) is 7.02. The Kier molecular flexibility index (Phi) is 4.53. The monoisotopic (exact) mass is 332 g/mol. The van der Waals surface area contributed by atoms with E-state index in [9.17, 15) is 4.79 Å². The number of carbonyl (C=O) groups is 1. The molecule has 0 aliphatic rings. The Morgan fingerprint density at radius 2 is 1.88 bits per heavy atom. The van der Waals surface area contributed by atoms with Crippen molar-refractivity contribution in [3.05, 3.63) is 59.8 Å². The van der Waals surface area contributed by atoms with E-state index in [4.69, 9.17) is 15.9 Å². The van der Waals surface area contributed by atoms with E-state index in [1.165, 1.54) is 0 Å². The highest BCUT2D eigenvalue weighted by molar-refractivity contribution is 6.09. The van der Waals surface area contributed by atoms with Gasteiger partial charge in [-0.1, -0.05) is 12.0 Å². The van der Waals surface area contributed by atoms with E-state index in [1.807, 2.05) is 0 Å². The summed E-state index contributed by atoms with van der Waals surface area (Å²) in [4.78, 5) is 16.9. The Labute approximate surface area is 145 Å². The van der Waals surface area contributed by atoms with E-state index in [1.54, 1.807) is 62.9 Å².